The molecule has 0 aromatic heterocycles. The summed E-state index contributed by atoms with van der Waals surface area (Å²) < 4.78 is 0. The minimum atomic E-state index is 0.101. The van der Waals surface area contributed by atoms with Gasteiger partial charge in [-0.1, -0.05) is 45.4 Å². The van der Waals surface area contributed by atoms with Crippen LogP contribution in [-0.2, 0) is 9.59 Å². The average Bonchev–Trinajstić information content (AvgIpc) is 3.40. The summed E-state index contributed by atoms with van der Waals surface area (Å²) in [5, 5.41) is 10.4. The first-order chi connectivity index (χ1) is 17.8. The lowest BCUT2D eigenvalue weighted by Crippen LogP contribution is -2.56. The monoisotopic (exact) mass is 523 g/mol. The molecule has 6 heteroatoms. The fourth-order valence-corrected chi connectivity index (χ4v) is 11.9. The summed E-state index contributed by atoms with van der Waals surface area (Å²) in [6.07, 6.45) is 13.2. The SMILES string of the molecule is C[C@H]1CC2(C)C(C(=O)CSC3=NC4CCCCC4N3CC#N)CCC2C2CCC3CC(=O)CCC3(C)C21. The highest BCUT2D eigenvalue weighted by Gasteiger charge is 2.63. The highest BCUT2D eigenvalue weighted by atomic mass is 32.2. The second-order valence-corrected chi connectivity index (χ2v) is 15.0. The van der Waals surface area contributed by atoms with E-state index in [1.165, 1.54) is 32.1 Å². The minimum absolute atomic E-state index is 0.101. The van der Waals surface area contributed by atoms with Crippen molar-refractivity contribution in [2.24, 2.45) is 51.3 Å². The molecular weight excluding hydrogens is 478 g/mol. The van der Waals surface area contributed by atoms with Gasteiger partial charge < -0.3 is 4.90 Å². The average molecular weight is 524 g/mol. The number of nitriles is 1. The molecular formula is C31H45N3O2S. The fourth-order valence-electron chi connectivity index (χ4n) is 10.9. The van der Waals surface area contributed by atoms with Crippen molar-refractivity contribution in [1.29, 1.82) is 5.26 Å². The summed E-state index contributed by atoms with van der Waals surface area (Å²) in [6, 6.07) is 3.02. The first-order valence-corrected chi connectivity index (χ1v) is 16.1. The van der Waals surface area contributed by atoms with Crippen LogP contribution in [0.3, 0.4) is 0 Å². The summed E-state index contributed by atoms with van der Waals surface area (Å²) in [5.74, 6) is 4.79. The smallest absolute Gasteiger partial charge is 0.161 e. The molecule has 1 heterocycles. The van der Waals surface area contributed by atoms with Gasteiger partial charge in [0.2, 0.25) is 0 Å². The Morgan fingerprint density at radius 3 is 2.76 bits per heavy atom. The highest BCUT2D eigenvalue weighted by Crippen LogP contribution is 2.68. The first-order valence-electron chi connectivity index (χ1n) is 15.1. The fraction of sp³-hybridized carbons (Fsp3) is 0.871. The van der Waals surface area contributed by atoms with E-state index in [1.54, 1.807) is 11.8 Å². The molecule has 0 bridgehead atoms. The normalized spacial score (nSPS) is 46.8. The molecule has 37 heavy (non-hydrogen) atoms. The maximum absolute atomic E-state index is 13.8. The van der Waals surface area contributed by atoms with E-state index in [0.29, 0.717) is 71.0 Å². The highest BCUT2D eigenvalue weighted by molar-refractivity contribution is 8.14. The second kappa shape index (κ2) is 9.68. The van der Waals surface area contributed by atoms with Crippen LogP contribution in [0.15, 0.2) is 4.99 Å². The van der Waals surface area contributed by atoms with Crippen LogP contribution < -0.4 is 0 Å². The third-order valence-electron chi connectivity index (χ3n) is 12.3. The van der Waals surface area contributed by atoms with Gasteiger partial charge in [-0.3, -0.25) is 14.6 Å². The van der Waals surface area contributed by atoms with Gasteiger partial charge in [0.25, 0.3) is 0 Å². The molecule has 0 aromatic rings. The molecule has 5 saturated carbocycles. The number of fused-ring (bicyclic) bond motifs is 6. The number of amidine groups is 1. The van der Waals surface area contributed by atoms with E-state index in [1.807, 2.05) is 0 Å². The van der Waals surface area contributed by atoms with Gasteiger partial charge in [-0.15, -0.1) is 0 Å². The molecule has 10 atom stereocenters. The van der Waals surface area contributed by atoms with E-state index in [0.717, 1.165) is 50.1 Å². The van der Waals surface area contributed by atoms with Crippen LogP contribution in [0.1, 0.15) is 97.8 Å². The van der Waals surface area contributed by atoms with E-state index in [2.05, 4.69) is 31.7 Å². The number of aliphatic imine (C=N–C) groups is 1. The van der Waals surface area contributed by atoms with Crippen molar-refractivity contribution < 1.29 is 9.59 Å². The Balaban J connectivity index is 1.16. The van der Waals surface area contributed by atoms with Crippen LogP contribution in [0, 0.1) is 57.7 Å². The Morgan fingerprint density at radius 1 is 1.14 bits per heavy atom. The Labute approximate surface area is 227 Å². The third kappa shape index (κ3) is 4.12. The molecule has 202 valence electrons. The van der Waals surface area contributed by atoms with Crippen LogP contribution >= 0.6 is 11.8 Å². The number of hydrogen-bond donors (Lipinski definition) is 0. The van der Waals surface area contributed by atoms with Crippen LogP contribution in [0.2, 0.25) is 0 Å². The Bertz CT molecular complexity index is 1020. The molecule has 5 fully saturated rings. The number of carbonyl (C=O) groups is 2. The Kier molecular flexibility index (Phi) is 6.78. The zero-order valence-electron chi connectivity index (χ0n) is 23.1. The van der Waals surface area contributed by atoms with Gasteiger partial charge in [0.05, 0.1) is 23.9 Å². The molecule has 0 radical (unpaired) electrons. The van der Waals surface area contributed by atoms with Gasteiger partial charge >= 0.3 is 0 Å². The maximum Gasteiger partial charge on any atom is 0.161 e. The Morgan fingerprint density at radius 2 is 1.95 bits per heavy atom. The number of carbonyl (C=O) groups excluding carboxylic acids is 2. The van der Waals surface area contributed by atoms with Gasteiger partial charge in [-0.2, -0.15) is 5.26 Å². The minimum Gasteiger partial charge on any atom is -0.333 e. The summed E-state index contributed by atoms with van der Waals surface area (Å²) in [7, 11) is 0. The van der Waals surface area contributed by atoms with Crippen LogP contribution in [0.4, 0.5) is 0 Å². The molecule has 6 aliphatic rings. The molecule has 5 nitrogen and oxygen atoms in total. The zero-order chi connectivity index (χ0) is 25.9. The molecule has 0 N–H and O–H groups in total. The van der Waals surface area contributed by atoms with Crippen molar-refractivity contribution in [1.82, 2.24) is 4.90 Å². The quantitative estimate of drug-likeness (QED) is 0.406. The molecule has 5 aliphatic carbocycles. The molecule has 0 amide bonds. The van der Waals surface area contributed by atoms with Crippen molar-refractivity contribution in [2.45, 2.75) is 110 Å². The molecule has 6 rings (SSSR count). The van der Waals surface area contributed by atoms with Crippen LogP contribution in [-0.4, -0.2) is 46.0 Å². The summed E-state index contributed by atoms with van der Waals surface area (Å²) in [5.41, 5.74) is 0.404. The van der Waals surface area contributed by atoms with Gasteiger partial charge in [-0.05, 0) is 91.8 Å². The lowest BCUT2D eigenvalue weighted by Gasteiger charge is -2.62. The largest absolute Gasteiger partial charge is 0.333 e. The predicted octanol–water partition coefficient (Wildman–Crippen LogP) is 6.27. The van der Waals surface area contributed by atoms with E-state index in [4.69, 9.17) is 4.99 Å². The van der Waals surface area contributed by atoms with Crippen molar-refractivity contribution in [3.8, 4) is 6.07 Å². The van der Waals surface area contributed by atoms with E-state index in [9.17, 15) is 14.9 Å². The molecule has 0 spiro atoms. The topological polar surface area (TPSA) is 73.5 Å². The summed E-state index contributed by atoms with van der Waals surface area (Å²) >= 11 is 1.61. The number of ketones is 2. The van der Waals surface area contributed by atoms with Gasteiger partial charge in [0.15, 0.2) is 5.17 Å². The summed E-state index contributed by atoms with van der Waals surface area (Å²) in [4.78, 5) is 33.3. The molecule has 1 aliphatic heterocycles. The third-order valence-corrected chi connectivity index (χ3v) is 13.3. The molecule has 0 saturated heterocycles. The maximum atomic E-state index is 13.8. The van der Waals surface area contributed by atoms with E-state index < -0.39 is 0 Å². The number of rotatable bonds is 4. The first kappa shape index (κ1) is 25.9. The van der Waals surface area contributed by atoms with Crippen LogP contribution in [0.5, 0.6) is 0 Å². The number of nitrogens with zero attached hydrogens (tertiary/aromatic N) is 3. The zero-order valence-corrected chi connectivity index (χ0v) is 23.9. The predicted molar refractivity (Wildman–Crippen MR) is 148 cm³/mol. The lowest BCUT2D eigenvalue weighted by atomic mass is 9.42. The Hall–Kier alpha value is -1.35. The number of Topliss-reactive ketones (excluding diaryl/α,β-unsaturated/α-hetero) is 2. The van der Waals surface area contributed by atoms with Gasteiger partial charge in [-0.25, -0.2) is 0 Å². The standard InChI is InChI=1S/C31H45N3O2S/c1-19-17-31(3)23(22-9-8-20-16-21(35)12-13-30(20,2)28(19)22)10-11-24(31)27(36)18-37-29-33-25-6-4-5-7-26(25)34(29)15-14-32/h19-20,22-26,28H,4-13,15-18H2,1-3H3/t19-,20?,22?,23?,24?,25?,26?,28?,30?,31?/m0/s1. The number of hydrogen-bond acceptors (Lipinski definition) is 6. The molecule has 9 unspecified atom stereocenters. The van der Waals surface area contributed by atoms with Crippen molar-refractivity contribution in [2.75, 3.05) is 12.3 Å². The van der Waals surface area contributed by atoms with Crippen molar-refractivity contribution in [3.63, 3.8) is 0 Å². The van der Waals surface area contributed by atoms with Gasteiger partial charge in [0.1, 0.15) is 18.1 Å². The lowest BCUT2D eigenvalue weighted by molar-refractivity contribution is -0.154. The summed E-state index contributed by atoms with van der Waals surface area (Å²) in [6.45, 7) is 7.82. The number of thioether (sulfide) groups is 1. The van der Waals surface area contributed by atoms with E-state index in [-0.39, 0.29) is 11.3 Å². The van der Waals surface area contributed by atoms with E-state index >= 15 is 0 Å². The van der Waals surface area contributed by atoms with Crippen molar-refractivity contribution >= 4 is 28.5 Å². The van der Waals surface area contributed by atoms with Crippen LogP contribution in [0.25, 0.3) is 0 Å². The van der Waals surface area contributed by atoms with Crippen molar-refractivity contribution in [3.05, 3.63) is 0 Å². The second-order valence-electron chi connectivity index (χ2n) is 14.0. The van der Waals surface area contributed by atoms with Gasteiger partial charge in [0, 0.05) is 18.8 Å². The molecule has 0 aromatic carbocycles.